The highest BCUT2D eigenvalue weighted by Crippen LogP contribution is 2.14. The molecule has 0 bridgehead atoms. The molecule has 0 saturated heterocycles. The molecule has 29 heavy (non-hydrogen) atoms. The first-order chi connectivity index (χ1) is 14.0. The van der Waals surface area contributed by atoms with Crippen LogP contribution in [0.3, 0.4) is 0 Å². The quantitative estimate of drug-likeness (QED) is 0.645. The third-order valence-electron chi connectivity index (χ3n) is 4.19. The predicted octanol–water partition coefficient (Wildman–Crippen LogP) is 2.58. The monoisotopic (exact) mass is 397 g/mol. The van der Waals surface area contributed by atoms with E-state index in [0.29, 0.717) is 30.8 Å². The summed E-state index contributed by atoms with van der Waals surface area (Å²) in [5, 5.41) is 5.26. The smallest absolute Gasteiger partial charge is 0.243 e. The zero-order valence-electron chi connectivity index (χ0n) is 16.8. The topological polar surface area (TPSA) is 87.7 Å². The number of ether oxygens (including phenoxy) is 1. The number of hydrogen-bond donors (Lipinski definition) is 2. The zero-order chi connectivity index (χ0) is 21.1. The summed E-state index contributed by atoms with van der Waals surface area (Å²) < 4.78 is 5.07. The Hall–Kier alpha value is -3.35. The van der Waals surface area contributed by atoms with Gasteiger partial charge in [0.05, 0.1) is 20.2 Å². The van der Waals surface area contributed by atoms with E-state index in [1.54, 1.807) is 31.4 Å². The summed E-state index contributed by atoms with van der Waals surface area (Å²) in [6, 6.07) is 16.4. The molecule has 0 heterocycles. The van der Waals surface area contributed by atoms with Gasteiger partial charge in [-0.25, -0.2) is 0 Å². The molecule has 2 aromatic carbocycles. The average molecular weight is 397 g/mol. The highest BCUT2D eigenvalue weighted by Gasteiger charge is 2.17. The Bertz CT molecular complexity index is 807. The first-order valence-electron chi connectivity index (χ1n) is 9.54. The number of benzene rings is 2. The fourth-order valence-electron chi connectivity index (χ4n) is 2.70. The maximum atomic E-state index is 12.4. The molecule has 154 valence electrons. The highest BCUT2D eigenvalue weighted by atomic mass is 16.5. The minimum absolute atomic E-state index is 0.0887. The number of amides is 3. The van der Waals surface area contributed by atoms with Gasteiger partial charge in [-0.2, -0.15) is 0 Å². The lowest BCUT2D eigenvalue weighted by atomic mass is 10.2. The number of anilines is 1. The lowest BCUT2D eigenvalue weighted by molar-refractivity contribution is -0.136. The second kappa shape index (κ2) is 11.5. The van der Waals surface area contributed by atoms with Crippen LogP contribution in [0.25, 0.3) is 0 Å². The number of rotatable bonds is 10. The fraction of sp³-hybridized carbons (Fsp3) is 0.318. The van der Waals surface area contributed by atoms with Crippen molar-refractivity contribution >= 4 is 23.4 Å². The molecule has 0 aliphatic carbocycles. The van der Waals surface area contributed by atoms with Crippen molar-refractivity contribution in [2.75, 3.05) is 25.5 Å². The van der Waals surface area contributed by atoms with Crippen LogP contribution in [0.4, 0.5) is 5.69 Å². The van der Waals surface area contributed by atoms with E-state index in [1.807, 2.05) is 37.3 Å². The van der Waals surface area contributed by atoms with Gasteiger partial charge in [0.1, 0.15) is 5.75 Å². The molecule has 7 heteroatoms. The van der Waals surface area contributed by atoms with Gasteiger partial charge in [0.25, 0.3) is 0 Å². The molecule has 0 aliphatic heterocycles. The van der Waals surface area contributed by atoms with Gasteiger partial charge in [-0.3, -0.25) is 14.4 Å². The number of methoxy groups -OCH3 is 1. The van der Waals surface area contributed by atoms with E-state index in [-0.39, 0.29) is 30.8 Å². The summed E-state index contributed by atoms with van der Waals surface area (Å²) in [7, 11) is 1.56. The Morgan fingerprint density at radius 1 is 0.966 bits per heavy atom. The van der Waals surface area contributed by atoms with Crippen LogP contribution in [0, 0.1) is 0 Å². The average Bonchev–Trinajstić information content (AvgIpc) is 2.73. The van der Waals surface area contributed by atoms with Gasteiger partial charge in [0.2, 0.25) is 17.7 Å². The van der Waals surface area contributed by atoms with Crippen LogP contribution in [-0.4, -0.2) is 42.8 Å². The molecule has 7 nitrogen and oxygen atoms in total. The van der Waals surface area contributed by atoms with Crippen molar-refractivity contribution in [1.29, 1.82) is 0 Å². The van der Waals surface area contributed by atoms with Crippen molar-refractivity contribution in [2.24, 2.45) is 0 Å². The zero-order valence-corrected chi connectivity index (χ0v) is 16.8. The Balaban J connectivity index is 1.86. The Kier molecular flexibility index (Phi) is 8.69. The largest absolute Gasteiger partial charge is 0.497 e. The molecular weight excluding hydrogens is 370 g/mol. The Morgan fingerprint density at radius 3 is 2.28 bits per heavy atom. The lowest BCUT2D eigenvalue weighted by Gasteiger charge is -2.22. The molecule has 0 fully saturated rings. The molecule has 2 N–H and O–H groups in total. The van der Waals surface area contributed by atoms with Crippen molar-refractivity contribution in [3.05, 3.63) is 60.2 Å². The van der Waals surface area contributed by atoms with Gasteiger partial charge in [-0.15, -0.1) is 0 Å². The summed E-state index contributed by atoms with van der Waals surface area (Å²) in [5.74, 6) is -0.131. The molecule has 3 amide bonds. The molecule has 2 aromatic rings. The van der Waals surface area contributed by atoms with Crippen LogP contribution in [0.2, 0.25) is 0 Å². The summed E-state index contributed by atoms with van der Waals surface area (Å²) in [6.45, 7) is 2.00. The Morgan fingerprint density at radius 2 is 1.66 bits per heavy atom. The minimum atomic E-state index is -0.379. The molecule has 0 radical (unpaired) electrons. The van der Waals surface area contributed by atoms with E-state index in [9.17, 15) is 14.4 Å². The van der Waals surface area contributed by atoms with E-state index >= 15 is 0 Å². The molecular formula is C22H27N3O4. The van der Waals surface area contributed by atoms with Gasteiger partial charge >= 0.3 is 0 Å². The molecule has 0 aromatic heterocycles. The van der Waals surface area contributed by atoms with Crippen LogP contribution in [0.1, 0.15) is 25.3 Å². The molecule has 0 unspecified atom stereocenters. The molecule has 0 spiro atoms. The normalized spacial score (nSPS) is 10.1. The number of carbonyl (C=O) groups is 3. The summed E-state index contributed by atoms with van der Waals surface area (Å²) in [5.41, 5.74) is 1.55. The van der Waals surface area contributed by atoms with Gasteiger partial charge in [-0.05, 0) is 36.2 Å². The lowest BCUT2D eigenvalue weighted by Crippen LogP contribution is -2.42. The highest BCUT2D eigenvalue weighted by molar-refractivity contribution is 5.95. The van der Waals surface area contributed by atoms with Crippen LogP contribution in [0.15, 0.2) is 54.6 Å². The number of carbonyl (C=O) groups excluding carboxylic acids is 3. The van der Waals surface area contributed by atoms with Crippen LogP contribution >= 0.6 is 0 Å². The van der Waals surface area contributed by atoms with E-state index in [2.05, 4.69) is 10.6 Å². The van der Waals surface area contributed by atoms with Gasteiger partial charge in [0, 0.05) is 18.7 Å². The molecule has 2 rings (SSSR count). The minimum Gasteiger partial charge on any atom is -0.497 e. The second-order valence-electron chi connectivity index (χ2n) is 6.54. The molecule has 0 atom stereocenters. The van der Waals surface area contributed by atoms with Crippen molar-refractivity contribution < 1.29 is 19.1 Å². The first-order valence-corrected chi connectivity index (χ1v) is 9.54. The van der Waals surface area contributed by atoms with Crippen LogP contribution in [0.5, 0.6) is 5.75 Å². The number of nitrogens with one attached hydrogen (secondary N) is 2. The van der Waals surface area contributed by atoms with Crippen molar-refractivity contribution in [1.82, 2.24) is 10.2 Å². The van der Waals surface area contributed by atoms with Crippen molar-refractivity contribution in [2.45, 2.75) is 26.3 Å². The molecule has 0 saturated carbocycles. The summed E-state index contributed by atoms with van der Waals surface area (Å²) in [4.78, 5) is 38.2. The van der Waals surface area contributed by atoms with Gasteiger partial charge < -0.3 is 20.3 Å². The van der Waals surface area contributed by atoms with E-state index in [0.717, 1.165) is 5.56 Å². The van der Waals surface area contributed by atoms with E-state index < -0.39 is 0 Å². The molecule has 0 aliphatic rings. The number of nitrogens with zero attached hydrogens (tertiary/aromatic N) is 1. The maximum Gasteiger partial charge on any atom is 0.243 e. The third-order valence-corrected chi connectivity index (χ3v) is 4.19. The van der Waals surface area contributed by atoms with Crippen molar-refractivity contribution in [3.8, 4) is 5.75 Å². The summed E-state index contributed by atoms with van der Waals surface area (Å²) >= 11 is 0. The van der Waals surface area contributed by atoms with E-state index in [1.165, 1.54) is 4.90 Å². The van der Waals surface area contributed by atoms with Crippen LogP contribution in [-0.2, 0) is 20.9 Å². The van der Waals surface area contributed by atoms with Crippen LogP contribution < -0.4 is 15.4 Å². The third kappa shape index (κ3) is 7.65. The van der Waals surface area contributed by atoms with Gasteiger partial charge in [0.15, 0.2) is 0 Å². The fourth-order valence-corrected chi connectivity index (χ4v) is 2.70. The Labute approximate surface area is 171 Å². The maximum absolute atomic E-state index is 12.4. The second-order valence-corrected chi connectivity index (χ2v) is 6.54. The SMILES string of the molecule is CCCC(=O)N(CC(=O)NCC(=O)Nc1ccc(OC)cc1)Cc1ccccc1. The summed E-state index contributed by atoms with van der Waals surface area (Å²) in [6.07, 6.45) is 1.08. The first kappa shape index (κ1) is 21.9. The number of hydrogen-bond acceptors (Lipinski definition) is 4. The standard InChI is InChI=1S/C22H27N3O4/c1-3-7-22(28)25(15-17-8-5-4-6-9-17)16-21(27)23-14-20(26)24-18-10-12-19(29-2)13-11-18/h4-6,8-13H,3,7,14-16H2,1-2H3,(H,23,27)(H,24,26). The van der Waals surface area contributed by atoms with E-state index in [4.69, 9.17) is 4.74 Å². The predicted molar refractivity (Wildman–Crippen MR) is 111 cm³/mol. The van der Waals surface area contributed by atoms with Crippen molar-refractivity contribution in [3.63, 3.8) is 0 Å². The van der Waals surface area contributed by atoms with Gasteiger partial charge in [-0.1, -0.05) is 37.3 Å².